The maximum absolute atomic E-state index is 9.37. The highest BCUT2D eigenvalue weighted by molar-refractivity contribution is 7.09. The molecular formula is C12H22N2OS. The number of aliphatic hydroxyl groups is 1. The molecule has 3 nitrogen and oxygen atoms in total. The lowest BCUT2D eigenvalue weighted by atomic mass is 9.87. The lowest BCUT2D eigenvalue weighted by Crippen LogP contribution is -2.31. The lowest BCUT2D eigenvalue weighted by Gasteiger charge is -2.26. The minimum absolute atomic E-state index is 0.124. The Morgan fingerprint density at radius 2 is 2.25 bits per heavy atom. The van der Waals surface area contributed by atoms with Crippen LogP contribution in [-0.4, -0.2) is 22.7 Å². The first-order valence-electron chi connectivity index (χ1n) is 5.69. The first kappa shape index (κ1) is 13.6. The fourth-order valence-electron chi connectivity index (χ4n) is 1.89. The monoisotopic (exact) mass is 242 g/mol. The van der Waals surface area contributed by atoms with Gasteiger partial charge in [0.25, 0.3) is 0 Å². The quantitative estimate of drug-likeness (QED) is 0.805. The third-order valence-electron chi connectivity index (χ3n) is 2.42. The number of aryl methyl sites for hydroxylation is 1. The van der Waals surface area contributed by atoms with Gasteiger partial charge in [0.15, 0.2) is 0 Å². The molecule has 92 valence electrons. The van der Waals surface area contributed by atoms with E-state index in [4.69, 9.17) is 0 Å². The molecule has 16 heavy (non-hydrogen) atoms. The number of aliphatic hydroxyl groups excluding tert-OH is 1. The van der Waals surface area contributed by atoms with Crippen molar-refractivity contribution in [3.8, 4) is 0 Å². The van der Waals surface area contributed by atoms with E-state index >= 15 is 0 Å². The molecular weight excluding hydrogens is 220 g/mol. The maximum Gasteiger partial charge on any atom is 0.0897 e. The average Bonchev–Trinajstić information content (AvgIpc) is 2.48. The topological polar surface area (TPSA) is 45.2 Å². The van der Waals surface area contributed by atoms with Gasteiger partial charge < -0.3 is 10.4 Å². The van der Waals surface area contributed by atoms with Gasteiger partial charge in [-0.1, -0.05) is 13.8 Å². The number of rotatable bonds is 6. The highest BCUT2D eigenvalue weighted by atomic mass is 32.1. The van der Waals surface area contributed by atoms with Crippen LogP contribution in [0.15, 0.2) is 5.38 Å². The van der Waals surface area contributed by atoms with Crippen LogP contribution in [0.4, 0.5) is 0 Å². The first-order chi connectivity index (χ1) is 7.39. The Kier molecular flexibility index (Phi) is 4.89. The van der Waals surface area contributed by atoms with E-state index in [0.717, 1.165) is 30.2 Å². The van der Waals surface area contributed by atoms with Gasteiger partial charge in [-0.2, -0.15) is 0 Å². The molecule has 4 heteroatoms. The second kappa shape index (κ2) is 5.75. The van der Waals surface area contributed by atoms with E-state index in [1.54, 1.807) is 11.3 Å². The summed E-state index contributed by atoms with van der Waals surface area (Å²) in [7, 11) is 0. The molecule has 0 fully saturated rings. The molecule has 0 saturated heterocycles. The first-order valence-corrected chi connectivity index (χ1v) is 6.57. The Balaban J connectivity index is 2.29. The Hall–Kier alpha value is -0.450. The fourth-order valence-corrected chi connectivity index (χ4v) is 2.50. The molecule has 1 rings (SSSR count). The van der Waals surface area contributed by atoms with Crippen molar-refractivity contribution in [1.82, 2.24) is 10.3 Å². The minimum Gasteiger partial charge on any atom is -0.393 e. The van der Waals surface area contributed by atoms with Crippen LogP contribution in [-0.2, 0) is 6.54 Å². The number of hydrogen-bond acceptors (Lipinski definition) is 4. The molecule has 1 heterocycles. The number of hydrogen-bond donors (Lipinski definition) is 2. The van der Waals surface area contributed by atoms with Crippen molar-refractivity contribution < 1.29 is 5.11 Å². The Morgan fingerprint density at radius 1 is 1.56 bits per heavy atom. The molecule has 1 aromatic rings. The molecule has 0 amide bonds. The van der Waals surface area contributed by atoms with Gasteiger partial charge in [0.1, 0.15) is 0 Å². The van der Waals surface area contributed by atoms with Crippen LogP contribution in [0.25, 0.3) is 0 Å². The van der Waals surface area contributed by atoms with E-state index < -0.39 is 0 Å². The summed E-state index contributed by atoms with van der Waals surface area (Å²) in [5.74, 6) is 0. The summed E-state index contributed by atoms with van der Waals surface area (Å²) in [6, 6.07) is 0. The number of nitrogens with one attached hydrogen (secondary N) is 1. The predicted octanol–water partition coefficient (Wildman–Crippen LogP) is 2.34. The van der Waals surface area contributed by atoms with E-state index in [0.29, 0.717) is 0 Å². The normalized spacial score (nSPS) is 14.1. The van der Waals surface area contributed by atoms with Crippen molar-refractivity contribution in [2.45, 2.75) is 46.8 Å². The van der Waals surface area contributed by atoms with Crippen molar-refractivity contribution >= 4 is 11.3 Å². The highest BCUT2D eigenvalue weighted by Gasteiger charge is 2.19. The van der Waals surface area contributed by atoms with E-state index in [-0.39, 0.29) is 11.5 Å². The van der Waals surface area contributed by atoms with Crippen LogP contribution in [0.2, 0.25) is 0 Å². The maximum atomic E-state index is 9.37. The van der Waals surface area contributed by atoms with Crippen molar-refractivity contribution in [3.63, 3.8) is 0 Å². The molecule has 2 N–H and O–H groups in total. The molecule has 0 aliphatic heterocycles. The third-order valence-corrected chi connectivity index (χ3v) is 3.25. The van der Waals surface area contributed by atoms with Crippen LogP contribution in [0, 0.1) is 12.3 Å². The van der Waals surface area contributed by atoms with E-state index in [2.05, 4.69) is 29.5 Å². The Morgan fingerprint density at radius 3 is 2.75 bits per heavy atom. The smallest absolute Gasteiger partial charge is 0.0897 e. The molecule has 1 atom stereocenters. The van der Waals surface area contributed by atoms with Crippen LogP contribution in [0.3, 0.4) is 0 Å². The van der Waals surface area contributed by atoms with Gasteiger partial charge in [0.05, 0.1) is 16.8 Å². The van der Waals surface area contributed by atoms with Gasteiger partial charge in [0.2, 0.25) is 0 Å². The van der Waals surface area contributed by atoms with Gasteiger partial charge >= 0.3 is 0 Å². The van der Waals surface area contributed by atoms with Crippen LogP contribution >= 0.6 is 11.3 Å². The summed E-state index contributed by atoms with van der Waals surface area (Å²) in [5.41, 5.74) is 1.23. The number of nitrogens with zero attached hydrogens (tertiary/aromatic N) is 1. The summed E-state index contributed by atoms with van der Waals surface area (Å²) in [4.78, 5) is 4.40. The molecule has 0 spiro atoms. The van der Waals surface area contributed by atoms with E-state index in [1.165, 1.54) is 0 Å². The zero-order chi connectivity index (χ0) is 12.2. The van der Waals surface area contributed by atoms with Gasteiger partial charge in [-0.15, -0.1) is 11.3 Å². The fraction of sp³-hybridized carbons (Fsp3) is 0.750. The van der Waals surface area contributed by atoms with Crippen molar-refractivity contribution in [2.75, 3.05) is 6.54 Å². The average molecular weight is 242 g/mol. The SMILES string of the molecule is Cc1nc(CNCC(C)(C)CC(C)O)cs1. The standard InChI is InChI=1S/C12H22N2OS/c1-9(15)5-12(3,4)8-13-6-11-7-16-10(2)14-11/h7,9,13,15H,5-6,8H2,1-4H3. The van der Waals surface area contributed by atoms with Gasteiger partial charge in [0, 0.05) is 18.5 Å². The molecule has 0 aromatic carbocycles. The summed E-state index contributed by atoms with van der Waals surface area (Å²) >= 11 is 1.68. The summed E-state index contributed by atoms with van der Waals surface area (Å²) < 4.78 is 0. The number of thiazole rings is 1. The molecule has 0 aliphatic carbocycles. The molecule has 0 saturated carbocycles. The van der Waals surface area contributed by atoms with Crippen LogP contribution in [0.1, 0.15) is 37.9 Å². The van der Waals surface area contributed by atoms with Gasteiger partial charge in [-0.25, -0.2) is 4.98 Å². The largest absolute Gasteiger partial charge is 0.393 e. The zero-order valence-corrected chi connectivity index (χ0v) is 11.4. The second-order valence-corrected chi connectivity index (χ2v) is 6.24. The highest BCUT2D eigenvalue weighted by Crippen LogP contribution is 2.21. The molecule has 0 bridgehead atoms. The van der Waals surface area contributed by atoms with E-state index in [9.17, 15) is 5.11 Å². The second-order valence-electron chi connectivity index (χ2n) is 5.18. The van der Waals surface area contributed by atoms with Crippen molar-refractivity contribution in [2.24, 2.45) is 5.41 Å². The molecule has 1 unspecified atom stereocenters. The summed E-state index contributed by atoms with van der Waals surface area (Å²) in [6.07, 6.45) is 0.578. The van der Waals surface area contributed by atoms with Gasteiger partial charge in [-0.05, 0) is 25.7 Å². The van der Waals surface area contributed by atoms with Crippen molar-refractivity contribution in [3.05, 3.63) is 16.1 Å². The van der Waals surface area contributed by atoms with Crippen molar-refractivity contribution in [1.29, 1.82) is 0 Å². The van der Waals surface area contributed by atoms with Gasteiger partial charge in [-0.3, -0.25) is 0 Å². The Labute approximate surface area is 102 Å². The van der Waals surface area contributed by atoms with Crippen LogP contribution < -0.4 is 5.32 Å². The molecule has 0 aliphatic rings. The summed E-state index contributed by atoms with van der Waals surface area (Å²) in [5, 5.41) is 16.0. The zero-order valence-electron chi connectivity index (χ0n) is 10.6. The lowest BCUT2D eigenvalue weighted by molar-refractivity contribution is 0.128. The molecule has 0 radical (unpaired) electrons. The minimum atomic E-state index is -0.238. The third kappa shape index (κ3) is 5.05. The predicted molar refractivity (Wildman–Crippen MR) is 68.6 cm³/mol. The number of aromatic nitrogens is 1. The van der Waals surface area contributed by atoms with Crippen LogP contribution in [0.5, 0.6) is 0 Å². The summed E-state index contributed by atoms with van der Waals surface area (Å²) in [6.45, 7) is 9.90. The molecule has 1 aromatic heterocycles. The van der Waals surface area contributed by atoms with E-state index in [1.807, 2.05) is 13.8 Å². The Bertz CT molecular complexity index is 321.